The van der Waals surface area contributed by atoms with Crippen LogP contribution in [0, 0.1) is 0 Å². The highest BCUT2D eigenvalue weighted by atomic mass is 32.2. The second-order valence-electron chi connectivity index (χ2n) is 4.47. The summed E-state index contributed by atoms with van der Waals surface area (Å²) >= 11 is 0. The number of hydrogen-bond donors (Lipinski definition) is 2. The summed E-state index contributed by atoms with van der Waals surface area (Å²) < 4.78 is 31.9. The van der Waals surface area contributed by atoms with E-state index >= 15 is 0 Å². The predicted molar refractivity (Wildman–Crippen MR) is 81.1 cm³/mol. The fourth-order valence-electron chi connectivity index (χ4n) is 1.75. The summed E-state index contributed by atoms with van der Waals surface area (Å²) in [5, 5.41) is 2.63. The molecule has 0 atom stereocenters. The van der Waals surface area contributed by atoms with Gasteiger partial charge in [-0.1, -0.05) is 13.3 Å². The summed E-state index contributed by atoms with van der Waals surface area (Å²) in [5.74, 6) is -0.0200. The molecule has 6 nitrogen and oxygen atoms in total. The monoisotopic (exact) mass is 314 g/mol. The van der Waals surface area contributed by atoms with E-state index in [1.165, 1.54) is 25.3 Å². The van der Waals surface area contributed by atoms with E-state index in [2.05, 4.69) is 10.0 Å². The molecule has 0 saturated heterocycles. The number of rotatable bonds is 8. The number of amides is 1. The summed E-state index contributed by atoms with van der Waals surface area (Å²) in [6, 6.07) is 4.24. The Kier molecular flexibility index (Phi) is 6.64. The lowest BCUT2D eigenvalue weighted by Crippen LogP contribution is -2.26. The topological polar surface area (TPSA) is 84.5 Å². The molecule has 0 aromatic heterocycles. The zero-order valence-electron chi connectivity index (χ0n) is 12.6. The van der Waals surface area contributed by atoms with Crippen molar-refractivity contribution in [2.24, 2.45) is 0 Å². The maximum Gasteiger partial charge on any atom is 0.255 e. The molecule has 21 heavy (non-hydrogen) atoms. The van der Waals surface area contributed by atoms with Crippen molar-refractivity contribution >= 4 is 15.9 Å². The normalized spacial score (nSPS) is 11.2. The van der Waals surface area contributed by atoms with Crippen molar-refractivity contribution in [3.63, 3.8) is 0 Å². The second-order valence-corrected chi connectivity index (χ2v) is 6.24. The number of methoxy groups -OCH3 is 1. The first-order valence-corrected chi connectivity index (χ1v) is 8.40. The average molecular weight is 314 g/mol. The zero-order chi connectivity index (χ0) is 15.9. The van der Waals surface area contributed by atoms with Gasteiger partial charge in [-0.2, -0.15) is 0 Å². The van der Waals surface area contributed by atoms with Gasteiger partial charge in [-0.05, 0) is 31.5 Å². The number of carbonyl (C=O) groups is 1. The Hall–Kier alpha value is -1.60. The molecule has 1 amide bonds. The van der Waals surface area contributed by atoms with Gasteiger partial charge in [0.25, 0.3) is 5.91 Å². The van der Waals surface area contributed by atoms with Gasteiger partial charge >= 0.3 is 0 Å². The van der Waals surface area contributed by atoms with Crippen LogP contribution in [0.25, 0.3) is 0 Å². The number of nitrogens with one attached hydrogen (secondary N) is 2. The van der Waals surface area contributed by atoms with Gasteiger partial charge in [-0.15, -0.1) is 0 Å². The van der Waals surface area contributed by atoms with Crippen molar-refractivity contribution in [2.75, 3.05) is 20.2 Å². The van der Waals surface area contributed by atoms with Crippen LogP contribution in [0.1, 0.15) is 37.0 Å². The molecule has 1 aromatic rings. The molecule has 0 heterocycles. The van der Waals surface area contributed by atoms with E-state index in [4.69, 9.17) is 4.74 Å². The van der Waals surface area contributed by atoms with Crippen LogP contribution in [0.4, 0.5) is 0 Å². The molecular weight excluding hydrogens is 292 g/mol. The molecule has 0 aliphatic heterocycles. The molecule has 0 unspecified atom stereocenters. The molecule has 2 N–H and O–H groups in total. The van der Waals surface area contributed by atoms with E-state index in [-0.39, 0.29) is 16.4 Å². The van der Waals surface area contributed by atoms with Crippen molar-refractivity contribution in [2.45, 2.75) is 31.6 Å². The Labute approximate surface area is 125 Å². The third-order valence-electron chi connectivity index (χ3n) is 2.89. The van der Waals surface area contributed by atoms with Crippen LogP contribution in [0.3, 0.4) is 0 Å². The van der Waals surface area contributed by atoms with Crippen LogP contribution in [-0.2, 0) is 10.0 Å². The summed E-state index contributed by atoms with van der Waals surface area (Å²) in [4.78, 5) is 12.0. The lowest BCUT2D eigenvalue weighted by molar-refractivity contribution is 0.0952. The van der Waals surface area contributed by atoms with Crippen LogP contribution >= 0.6 is 0 Å². The van der Waals surface area contributed by atoms with Crippen LogP contribution < -0.4 is 14.8 Å². The van der Waals surface area contributed by atoms with E-state index in [1.54, 1.807) is 6.92 Å². The lowest BCUT2D eigenvalue weighted by atomic mass is 10.2. The first-order valence-electron chi connectivity index (χ1n) is 6.92. The van der Waals surface area contributed by atoms with E-state index in [0.29, 0.717) is 18.8 Å². The third-order valence-corrected chi connectivity index (χ3v) is 4.34. The van der Waals surface area contributed by atoms with Crippen molar-refractivity contribution < 1.29 is 17.9 Å². The molecule has 0 radical (unpaired) electrons. The molecule has 0 bridgehead atoms. The average Bonchev–Trinajstić information content (AvgIpc) is 2.47. The first-order chi connectivity index (χ1) is 9.96. The predicted octanol–water partition coefficient (Wildman–Crippen LogP) is 1.52. The van der Waals surface area contributed by atoms with Crippen LogP contribution in [0.2, 0.25) is 0 Å². The van der Waals surface area contributed by atoms with Gasteiger partial charge in [-0.25, -0.2) is 13.1 Å². The van der Waals surface area contributed by atoms with E-state index in [1.807, 2.05) is 6.92 Å². The molecule has 0 spiro atoms. The fourth-order valence-corrected chi connectivity index (χ4v) is 2.85. The quantitative estimate of drug-likeness (QED) is 0.713. The van der Waals surface area contributed by atoms with Crippen molar-refractivity contribution in [1.82, 2.24) is 10.0 Å². The van der Waals surface area contributed by atoms with Crippen LogP contribution in [0.15, 0.2) is 23.1 Å². The summed E-state index contributed by atoms with van der Waals surface area (Å²) in [6.07, 6.45) is 1.66. The molecule has 0 saturated carbocycles. The van der Waals surface area contributed by atoms with Crippen molar-refractivity contribution in [1.29, 1.82) is 0 Å². The van der Waals surface area contributed by atoms with Crippen LogP contribution in [-0.4, -0.2) is 34.5 Å². The summed E-state index contributed by atoms with van der Waals surface area (Å²) in [5.41, 5.74) is 0.206. The Bertz CT molecular complexity index is 585. The minimum atomic E-state index is -3.61. The summed E-state index contributed by atoms with van der Waals surface area (Å²) in [6.45, 7) is 4.60. The van der Waals surface area contributed by atoms with Crippen molar-refractivity contribution in [3.8, 4) is 5.75 Å². The molecular formula is C14H22N2O4S. The van der Waals surface area contributed by atoms with E-state index in [9.17, 15) is 13.2 Å². The Morgan fingerprint density at radius 3 is 2.57 bits per heavy atom. The van der Waals surface area contributed by atoms with Gasteiger partial charge < -0.3 is 10.1 Å². The Balaban J connectivity index is 3.09. The smallest absolute Gasteiger partial charge is 0.255 e. The molecule has 0 aliphatic carbocycles. The van der Waals surface area contributed by atoms with Gasteiger partial charge in [-0.3, -0.25) is 4.79 Å². The Morgan fingerprint density at radius 2 is 2.00 bits per heavy atom. The highest BCUT2D eigenvalue weighted by Crippen LogP contribution is 2.22. The van der Waals surface area contributed by atoms with Gasteiger partial charge in [0.1, 0.15) is 5.75 Å². The van der Waals surface area contributed by atoms with Crippen LogP contribution in [0.5, 0.6) is 5.75 Å². The third kappa shape index (κ3) is 4.71. The maximum absolute atomic E-state index is 12.2. The minimum Gasteiger partial charge on any atom is -0.496 e. The number of carbonyl (C=O) groups excluding carboxylic acids is 1. The molecule has 0 fully saturated rings. The van der Waals surface area contributed by atoms with Gasteiger partial charge in [0, 0.05) is 13.1 Å². The number of ether oxygens (including phenoxy) is 1. The SMILES string of the molecule is CCCCNS(=O)(=O)c1ccc(OC)c(C(=O)NCC)c1. The van der Waals surface area contributed by atoms with Crippen molar-refractivity contribution in [3.05, 3.63) is 23.8 Å². The highest BCUT2D eigenvalue weighted by molar-refractivity contribution is 7.89. The maximum atomic E-state index is 12.2. The molecule has 1 aromatic carbocycles. The molecule has 0 aliphatic rings. The first kappa shape index (κ1) is 17.5. The number of sulfonamides is 1. The number of unbranched alkanes of at least 4 members (excludes halogenated alkanes) is 1. The standard InChI is InChI=1S/C14H22N2O4S/c1-4-6-9-16-21(18,19)11-7-8-13(20-3)12(10-11)14(17)15-5-2/h7-8,10,16H,4-6,9H2,1-3H3,(H,15,17). The fraction of sp³-hybridized carbons (Fsp3) is 0.500. The van der Waals surface area contributed by atoms with Gasteiger partial charge in [0.2, 0.25) is 10.0 Å². The second kappa shape index (κ2) is 7.99. The number of hydrogen-bond acceptors (Lipinski definition) is 4. The molecule has 7 heteroatoms. The largest absolute Gasteiger partial charge is 0.496 e. The van der Waals surface area contributed by atoms with E-state index in [0.717, 1.165) is 12.8 Å². The number of benzene rings is 1. The molecule has 1 rings (SSSR count). The minimum absolute atomic E-state index is 0.0562. The molecule has 118 valence electrons. The highest BCUT2D eigenvalue weighted by Gasteiger charge is 2.19. The van der Waals surface area contributed by atoms with Gasteiger partial charge in [0.15, 0.2) is 0 Å². The Morgan fingerprint density at radius 1 is 1.29 bits per heavy atom. The zero-order valence-corrected chi connectivity index (χ0v) is 13.4. The lowest BCUT2D eigenvalue weighted by Gasteiger charge is -2.11. The summed E-state index contributed by atoms with van der Waals surface area (Å²) in [7, 11) is -2.18. The van der Waals surface area contributed by atoms with Gasteiger partial charge in [0.05, 0.1) is 17.6 Å². The van der Waals surface area contributed by atoms with E-state index < -0.39 is 10.0 Å².